The van der Waals surface area contributed by atoms with E-state index in [0.29, 0.717) is 0 Å². The van der Waals surface area contributed by atoms with E-state index in [-0.39, 0.29) is 0 Å². The van der Waals surface area contributed by atoms with Crippen molar-refractivity contribution < 1.29 is 9.84 Å². The third kappa shape index (κ3) is 3.38. The first-order valence-corrected chi connectivity index (χ1v) is 5.16. The highest BCUT2D eigenvalue weighted by molar-refractivity contribution is 5.33. The number of para-hydroxylation sites is 1. The molecule has 0 amide bonds. The van der Waals surface area contributed by atoms with Gasteiger partial charge in [0.1, 0.15) is 5.75 Å². The third-order valence-electron chi connectivity index (χ3n) is 2.07. The molecule has 0 radical (unpaired) electrons. The Morgan fingerprint density at radius 3 is 2.71 bits per heavy atom. The fourth-order valence-electron chi connectivity index (χ4n) is 1.38. The van der Waals surface area contributed by atoms with Crippen LogP contribution in [-0.4, -0.2) is 11.4 Å². The first-order valence-electron chi connectivity index (χ1n) is 5.16. The van der Waals surface area contributed by atoms with Gasteiger partial charge in [0.15, 0.2) is 6.29 Å². The van der Waals surface area contributed by atoms with Gasteiger partial charge in [0.2, 0.25) is 0 Å². The Hall–Kier alpha value is -1.02. The van der Waals surface area contributed by atoms with Crippen LogP contribution in [0.25, 0.3) is 0 Å². The van der Waals surface area contributed by atoms with Crippen LogP contribution >= 0.6 is 0 Å². The second kappa shape index (κ2) is 5.66. The van der Waals surface area contributed by atoms with E-state index in [2.05, 4.69) is 6.92 Å². The summed E-state index contributed by atoms with van der Waals surface area (Å²) < 4.78 is 5.30. The summed E-state index contributed by atoms with van der Waals surface area (Å²) >= 11 is 0. The molecular weight excluding hydrogens is 176 g/mol. The zero-order valence-electron chi connectivity index (χ0n) is 8.86. The van der Waals surface area contributed by atoms with Crippen LogP contribution in [0.4, 0.5) is 0 Å². The highest BCUT2D eigenvalue weighted by Crippen LogP contribution is 2.20. The number of aliphatic hydroxyl groups excluding tert-OH is 1. The fourth-order valence-corrected chi connectivity index (χ4v) is 1.38. The van der Waals surface area contributed by atoms with Crippen LogP contribution in [-0.2, 0) is 6.42 Å². The summed E-state index contributed by atoms with van der Waals surface area (Å²) in [6.45, 7) is 3.79. The largest absolute Gasteiger partial charge is 0.465 e. The third-order valence-corrected chi connectivity index (χ3v) is 2.07. The molecule has 2 nitrogen and oxygen atoms in total. The van der Waals surface area contributed by atoms with Gasteiger partial charge in [-0.15, -0.1) is 0 Å². The van der Waals surface area contributed by atoms with Gasteiger partial charge in [0.25, 0.3) is 0 Å². The second-order valence-corrected chi connectivity index (χ2v) is 3.43. The average Bonchev–Trinajstić information content (AvgIpc) is 2.16. The van der Waals surface area contributed by atoms with E-state index in [1.165, 1.54) is 12.0 Å². The SMILES string of the molecule is CCCCc1ccccc1OC(C)O. The van der Waals surface area contributed by atoms with Gasteiger partial charge in [0.05, 0.1) is 0 Å². The molecule has 1 unspecified atom stereocenters. The van der Waals surface area contributed by atoms with Crippen LogP contribution in [0.1, 0.15) is 32.3 Å². The second-order valence-electron chi connectivity index (χ2n) is 3.43. The summed E-state index contributed by atoms with van der Waals surface area (Å²) in [7, 11) is 0. The van der Waals surface area contributed by atoms with E-state index in [0.717, 1.165) is 18.6 Å². The summed E-state index contributed by atoms with van der Waals surface area (Å²) in [4.78, 5) is 0. The standard InChI is InChI=1S/C12H18O2/c1-3-4-7-11-8-5-6-9-12(11)14-10(2)13/h5-6,8-10,13H,3-4,7H2,1-2H3. The molecule has 0 spiro atoms. The number of aryl methyl sites for hydroxylation is 1. The number of benzene rings is 1. The lowest BCUT2D eigenvalue weighted by molar-refractivity contribution is -0.00101. The predicted octanol–water partition coefficient (Wildman–Crippen LogP) is 2.75. The molecule has 0 aliphatic heterocycles. The lowest BCUT2D eigenvalue weighted by atomic mass is 10.1. The molecule has 0 aliphatic carbocycles. The number of hydrogen-bond donors (Lipinski definition) is 1. The van der Waals surface area contributed by atoms with Crippen molar-refractivity contribution in [2.45, 2.75) is 39.4 Å². The van der Waals surface area contributed by atoms with Crippen molar-refractivity contribution in [1.29, 1.82) is 0 Å². The van der Waals surface area contributed by atoms with E-state index in [9.17, 15) is 0 Å². The Labute approximate surface area is 85.5 Å². The topological polar surface area (TPSA) is 29.5 Å². The number of aliphatic hydroxyl groups is 1. The van der Waals surface area contributed by atoms with Gasteiger partial charge >= 0.3 is 0 Å². The number of hydrogen-bond acceptors (Lipinski definition) is 2. The molecule has 1 atom stereocenters. The summed E-state index contributed by atoms with van der Waals surface area (Å²) in [5.41, 5.74) is 1.18. The fraction of sp³-hybridized carbons (Fsp3) is 0.500. The average molecular weight is 194 g/mol. The molecule has 1 aromatic rings. The van der Waals surface area contributed by atoms with E-state index in [1.54, 1.807) is 6.92 Å². The molecule has 78 valence electrons. The van der Waals surface area contributed by atoms with Crippen molar-refractivity contribution in [3.63, 3.8) is 0 Å². The monoisotopic (exact) mass is 194 g/mol. The minimum atomic E-state index is -0.738. The Balaban J connectivity index is 2.69. The Morgan fingerprint density at radius 2 is 2.07 bits per heavy atom. The molecule has 0 saturated carbocycles. The predicted molar refractivity (Wildman–Crippen MR) is 57.4 cm³/mol. The molecule has 0 aromatic heterocycles. The molecule has 0 saturated heterocycles. The van der Waals surface area contributed by atoms with Crippen molar-refractivity contribution in [3.8, 4) is 5.75 Å². The highest BCUT2D eigenvalue weighted by atomic mass is 16.6. The minimum absolute atomic E-state index is 0.738. The zero-order chi connectivity index (χ0) is 10.4. The Bertz CT molecular complexity index is 269. The Kier molecular flexibility index (Phi) is 4.47. The number of unbranched alkanes of at least 4 members (excludes halogenated alkanes) is 1. The van der Waals surface area contributed by atoms with Crippen LogP contribution in [0, 0.1) is 0 Å². The maximum absolute atomic E-state index is 9.13. The van der Waals surface area contributed by atoms with E-state index >= 15 is 0 Å². The van der Waals surface area contributed by atoms with E-state index in [1.807, 2.05) is 24.3 Å². The van der Waals surface area contributed by atoms with Gasteiger partial charge < -0.3 is 9.84 Å². The molecule has 0 aliphatic rings. The van der Waals surface area contributed by atoms with Crippen molar-refractivity contribution in [2.24, 2.45) is 0 Å². The molecule has 1 rings (SSSR count). The van der Waals surface area contributed by atoms with Gasteiger partial charge in [-0.2, -0.15) is 0 Å². The lowest BCUT2D eigenvalue weighted by Crippen LogP contribution is -2.10. The highest BCUT2D eigenvalue weighted by Gasteiger charge is 2.04. The number of rotatable bonds is 5. The van der Waals surface area contributed by atoms with Crippen molar-refractivity contribution in [3.05, 3.63) is 29.8 Å². The molecule has 14 heavy (non-hydrogen) atoms. The Morgan fingerprint density at radius 1 is 1.36 bits per heavy atom. The van der Waals surface area contributed by atoms with Gasteiger partial charge in [-0.25, -0.2) is 0 Å². The van der Waals surface area contributed by atoms with Crippen molar-refractivity contribution >= 4 is 0 Å². The van der Waals surface area contributed by atoms with Gasteiger partial charge in [-0.05, 0) is 31.4 Å². The molecule has 0 heterocycles. The van der Waals surface area contributed by atoms with Crippen molar-refractivity contribution in [2.75, 3.05) is 0 Å². The van der Waals surface area contributed by atoms with Gasteiger partial charge in [-0.1, -0.05) is 31.5 Å². The summed E-state index contributed by atoms with van der Waals surface area (Å²) in [6, 6.07) is 7.87. The van der Waals surface area contributed by atoms with E-state index < -0.39 is 6.29 Å². The quantitative estimate of drug-likeness (QED) is 0.730. The van der Waals surface area contributed by atoms with E-state index in [4.69, 9.17) is 9.84 Å². The molecule has 1 aromatic carbocycles. The van der Waals surface area contributed by atoms with Crippen molar-refractivity contribution in [1.82, 2.24) is 0 Å². The van der Waals surface area contributed by atoms with Crippen LogP contribution in [0.2, 0.25) is 0 Å². The maximum Gasteiger partial charge on any atom is 0.194 e. The number of ether oxygens (including phenoxy) is 1. The molecule has 0 fully saturated rings. The first kappa shape index (κ1) is 11.1. The normalized spacial score (nSPS) is 12.5. The van der Waals surface area contributed by atoms with Crippen LogP contribution in [0.15, 0.2) is 24.3 Å². The molecule has 2 heteroatoms. The smallest absolute Gasteiger partial charge is 0.194 e. The first-order chi connectivity index (χ1) is 6.74. The lowest BCUT2D eigenvalue weighted by Gasteiger charge is -2.12. The summed E-state index contributed by atoms with van der Waals surface area (Å²) in [5.74, 6) is 0.802. The van der Waals surface area contributed by atoms with Crippen LogP contribution in [0.5, 0.6) is 5.75 Å². The molecular formula is C12H18O2. The maximum atomic E-state index is 9.13. The molecule has 1 N–H and O–H groups in total. The molecule has 0 bridgehead atoms. The van der Waals surface area contributed by atoms with Gasteiger partial charge in [-0.3, -0.25) is 0 Å². The van der Waals surface area contributed by atoms with Gasteiger partial charge in [0, 0.05) is 0 Å². The summed E-state index contributed by atoms with van der Waals surface area (Å²) in [6.07, 6.45) is 2.60. The minimum Gasteiger partial charge on any atom is -0.465 e. The summed E-state index contributed by atoms with van der Waals surface area (Å²) in [5, 5.41) is 9.13. The van der Waals surface area contributed by atoms with Crippen LogP contribution in [0.3, 0.4) is 0 Å². The van der Waals surface area contributed by atoms with Crippen LogP contribution < -0.4 is 4.74 Å². The zero-order valence-corrected chi connectivity index (χ0v) is 8.86.